The molecule has 4 rings (SSSR count). The van der Waals surface area contributed by atoms with Crippen molar-refractivity contribution in [1.82, 2.24) is 14.5 Å². The molecule has 1 saturated heterocycles. The number of aromatic nitrogens is 2. The van der Waals surface area contributed by atoms with Gasteiger partial charge >= 0.3 is 6.18 Å². The summed E-state index contributed by atoms with van der Waals surface area (Å²) in [6, 6.07) is 6.34. The predicted molar refractivity (Wildman–Crippen MR) is 160 cm³/mol. The molecule has 0 saturated carbocycles. The zero-order valence-corrected chi connectivity index (χ0v) is 25.2. The van der Waals surface area contributed by atoms with Gasteiger partial charge in [-0.1, -0.05) is 38.1 Å². The SMILES string of the molecule is CC(N)=N/C(=C(/c1nnc(/C2=C/C=N/C(C(F)(F)F)=C\CCC2)o1)C(C)C)C1CCN(S(=O)Cc2ccccc2F)CC1. The molecule has 0 amide bonds. The van der Waals surface area contributed by atoms with E-state index in [1.807, 2.05) is 18.2 Å². The highest BCUT2D eigenvalue weighted by Gasteiger charge is 2.33. The Balaban J connectivity index is 1.57. The zero-order valence-electron chi connectivity index (χ0n) is 24.4. The van der Waals surface area contributed by atoms with E-state index >= 15 is 0 Å². The lowest BCUT2D eigenvalue weighted by Crippen LogP contribution is -2.36. The highest BCUT2D eigenvalue weighted by molar-refractivity contribution is 7.81. The van der Waals surface area contributed by atoms with Crippen LogP contribution in [-0.2, 0) is 16.7 Å². The molecule has 1 aromatic heterocycles. The molecule has 2 aliphatic heterocycles. The molecular weight excluding hydrogens is 584 g/mol. The lowest BCUT2D eigenvalue weighted by Gasteiger charge is -2.32. The third-order valence-electron chi connectivity index (χ3n) is 7.21. The number of benzene rings is 1. The van der Waals surface area contributed by atoms with Crippen molar-refractivity contribution in [1.29, 1.82) is 0 Å². The van der Waals surface area contributed by atoms with Crippen molar-refractivity contribution >= 4 is 34.2 Å². The molecule has 0 radical (unpaired) electrons. The minimum atomic E-state index is -4.52. The number of halogens is 4. The Bertz CT molecular complexity index is 1460. The van der Waals surface area contributed by atoms with Crippen molar-refractivity contribution in [2.45, 2.75) is 64.8 Å². The summed E-state index contributed by atoms with van der Waals surface area (Å²) in [7, 11) is -1.38. The molecule has 1 fully saturated rings. The van der Waals surface area contributed by atoms with Crippen LogP contribution >= 0.6 is 0 Å². The van der Waals surface area contributed by atoms with E-state index in [4.69, 9.17) is 15.1 Å². The number of hydrogen-bond acceptors (Lipinski definition) is 6. The molecule has 2 N–H and O–H groups in total. The predicted octanol–water partition coefficient (Wildman–Crippen LogP) is 6.61. The number of aliphatic imine (C=N–C) groups is 2. The fraction of sp³-hybridized carbons (Fsp3) is 0.467. The van der Waals surface area contributed by atoms with Crippen LogP contribution in [0.2, 0.25) is 0 Å². The van der Waals surface area contributed by atoms with Crippen LogP contribution in [0.25, 0.3) is 11.1 Å². The first-order valence-electron chi connectivity index (χ1n) is 14.2. The summed E-state index contributed by atoms with van der Waals surface area (Å²) in [4.78, 5) is 8.28. The zero-order chi connectivity index (χ0) is 31.1. The summed E-state index contributed by atoms with van der Waals surface area (Å²) in [5.41, 5.74) is 7.57. The van der Waals surface area contributed by atoms with E-state index in [2.05, 4.69) is 15.2 Å². The molecule has 3 heterocycles. The summed E-state index contributed by atoms with van der Waals surface area (Å²) >= 11 is 0. The first kappa shape index (κ1) is 32.5. The number of alkyl halides is 3. The molecule has 0 aliphatic carbocycles. The third kappa shape index (κ3) is 8.56. The quantitative estimate of drug-likeness (QED) is 0.203. The van der Waals surface area contributed by atoms with Crippen LogP contribution in [0.5, 0.6) is 0 Å². The van der Waals surface area contributed by atoms with Gasteiger partial charge in [0, 0.05) is 41.9 Å². The Morgan fingerprint density at radius 1 is 1.21 bits per heavy atom. The van der Waals surface area contributed by atoms with Gasteiger partial charge in [-0.15, -0.1) is 10.2 Å². The van der Waals surface area contributed by atoms with Gasteiger partial charge in [-0.2, -0.15) is 13.2 Å². The Morgan fingerprint density at radius 3 is 2.58 bits per heavy atom. The summed E-state index contributed by atoms with van der Waals surface area (Å²) in [6.07, 6.45) is 1.54. The fourth-order valence-corrected chi connectivity index (χ4v) is 6.39. The van der Waals surface area contributed by atoms with Crippen molar-refractivity contribution in [3.8, 4) is 0 Å². The van der Waals surface area contributed by atoms with Crippen LogP contribution in [0.3, 0.4) is 0 Å². The van der Waals surface area contributed by atoms with E-state index in [9.17, 15) is 21.8 Å². The molecule has 8 nitrogen and oxygen atoms in total. The van der Waals surface area contributed by atoms with E-state index in [1.165, 1.54) is 12.1 Å². The van der Waals surface area contributed by atoms with Crippen molar-refractivity contribution in [2.75, 3.05) is 13.1 Å². The van der Waals surface area contributed by atoms with E-state index < -0.39 is 22.9 Å². The minimum absolute atomic E-state index is 0.0314. The number of rotatable bonds is 8. The van der Waals surface area contributed by atoms with Crippen molar-refractivity contribution in [2.24, 2.45) is 27.6 Å². The monoisotopic (exact) mass is 620 g/mol. The van der Waals surface area contributed by atoms with Gasteiger partial charge in [0.05, 0.1) is 28.3 Å². The minimum Gasteiger partial charge on any atom is -0.417 e. The number of amidine groups is 1. The average molecular weight is 621 g/mol. The Labute approximate surface area is 251 Å². The maximum atomic E-state index is 14.1. The van der Waals surface area contributed by atoms with E-state index in [-0.39, 0.29) is 41.6 Å². The second kappa shape index (κ2) is 14.3. The Kier molecular flexibility index (Phi) is 10.8. The standard InChI is InChI=1S/C30H36F4N6O2S/c1-19(2)26(29-39-38-28(42-29)22-8-5-7-11-25(30(32,33)34)36-15-12-22)27(37-20(3)35)21-13-16-40(17-14-21)43(41)18-23-9-4-6-10-24(23)31/h4,6,9-12,15,19,21H,5,7-8,13-14,16-18H2,1-3H3,(H2,35,37)/b22-12+,25-11-,27-26+,36-15+. The van der Waals surface area contributed by atoms with Gasteiger partial charge in [0.1, 0.15) is 11.5 Å². The maximum absolute atomic E-state index is 14.1. The molecule has 0 bridgehead atoms. The first-order chi connectivity index (χ1) is 20.4. The van der Waals surface area contributed by atoms with Crippen LogP contribution in [0.4, 0.5) is 17.6 Å². The van der Waals surface area contributed by atoms with Crippen molar-refractivity contribution in [3.05, 3.63) is 71.0 Å². The summed E-state index contributed by atoms with van der Waals surface area (Å²) in [6.45, 7) is 6.70. The molecule has 2 aromatic rings. The number of piperidine rings is 1. The van der Waals surface area contributed by atoms with Gasteiger partial charge < -0.3 is 10.2 Å². The molecular formula is C30H36F4N6O2S. The lowest BCUT2D eigenvalue weighted by molar-refractivity contribution is -0.0925. The molecule has 13 heteroatoms. The third-order valence-corrected chi connectivity index (χ3v) is 8.71. The summed E-state index contributed by atoms with van der Waals surface area (Å²) < 4.78 is 74.6. The highest BCUT2D eigenvalue weighted by Crippen LogP contribution is 2.37. The second-order valence-electron chi connectivity index (χ2n) is 10.8. The van der Waals surface area contributed by atoms with Crippen LogP contribution in [0, 0.1) is 17.7 Å². The van der Waals surface area contributed by atoms with Gasteiger partial charge in [0.25, 0.3) is 0 Å². The molecule has 232 valence electrons. The largest absolute Gasteiger partial charge is 0.433 e. The van der Waals surface area contributed by atoms with Gasteiger partial charge in [0.15, 0.2) is 0 Å². The Hall–Kier alpha value is -3.45. The fourth-order valence-electron chi connectivity index (χ4n) is 5.09. The van der Waals surface area contributed by atoms with Crippen molar-refractivity contribution < 1.29 is 26.2 Å². The van der Waals surface area contributed by atoms with E-state index in [0.29, 0.717) is 61.4 Å². The molecule has 1 atom stereocenters. The molecule has 1 unspecified atom stereocenters. The molecule has 2 aliphatic rings. The average Bonchev–Trinajstić information content (AvgIpc) is 3.46. The smallest absolute Gasteiger partial charge is 0.417 e. The summed E-state index contributed by atoms with van der Waals surface area (Å²) in [5, 5.41) is 8.53. The molecule has 43 heavy (non-hydrogen) atoms. The maximum Gasteiger partial charge on any atom is 0.433 e. The van der Waals surface area contributed by atoms with Gasteiger partial charge in [-0.25, -0.2) is 17.9 Å². The van der Waals surface area contributed by atoms with Crippen LogP contribution in [-0.4, -0.2) is 50.0 Å². The van der Waals surface area contributed by atoms with E-state index in [0.717, 1.165) is 17.9 Å². The number of nitrogens with zero attached hydrogens (tertiary/aromatic N) is 5. The van der Waals surface area contributed by atoms with Gasteiger partial charge in [-0.3, -0.25) is 4.99 Å². The van der Waals surface area contributed by atoms with Crippen LogP contribution in [0.1, 0.15) is 70.2 Å². The second-order valence-corrected chi connectivity index (χ2v) is 12.3. The van der Waals surface area contributed by atoms with Gasteiger partial charge in [-0.05, 0) is 57.1 Å². The Morgan fingerprint density at radius 2 is 1.93 bits per heavy atom. The van der Waals surface area contributed by atoms with Crippen LogP contribution < -0.4 is 5.73 Å². The molecule has 1 aromatic carbocycles. The highest BCUT2D eigenvalue weighted by atomic mass is 32.2. The number of hydrogen-bond donors (Lipinski definition) is 1. The van der Waals surface area contributed by atoms with Gasteiger partial charge in [0.2, 0.25) is 11.8 Å². The lowest BCUT2D eigenvalue weighted by atomic mass is 9.88. The topological polar surface area (TPSA) is 110 Å². The normalized spacial score (nSPS) is 22.5. The first-order valence-corrected chi connectivity index (χ1v) is 15.5. The van der Waals surface area contributed by atoms with Crippen molar-refractivity contribution in [3.63, 3.8) is 0 Å². The number of nitrogens with two attached hydrogens (primary N) is 1. The van der Waals surface area contributed by atoms with E-state index in [1.54, 1.807) is 25.1 Å². The molecule has 0 spiro atoms. The number of allylic oxidation sites excluding steroid dienone is 6. The van der Waals surface area contributed by atoms with Crippen LogP contribution in [0.15, 0.2) is 62.2 Å². The summed E-state index contributed by atoms with van der Waals surface area (Å²) in [5.74, 6) is 0.469.